The molecule has 1 saturated carbocycles. The summed E-state index contributed by atoms with van der Waals surface area (Å²) in [4.78, 5) is 12.0. The van der Waals surface area contributed by atoms with Crippen LogP contribution in [0.5, 0.6) is 0 Å². The Morgan fingerprint density at radius 3 is 2.55 bits per heavy atom. The Hall–Kier alpha value is -1.55. The van der Waals surface area contributed by atoms with E-state index in [2.05, 4.69) is 10.5 Å². The van der Waals surface area contributed by atoms with Crippen LogP contribution >= 0.6 is 11.6 Å². The molecule has 1 fully saturated rings. The molecule has 2 rings (SSSR count). The van der Waals surface area contributed by atoms with Crippen molar-refractivity contribution >= 4 is 23.3 Å². The molecular weight excluding hydrogens is 300 g/mol. The van der Waals surface area contributed by atoms with Crippen LogP contribution < -0.4 is 5.43 Å². The number of halogens is 1. The molecule has 0 atom stereocenters. The molecule has 1 N–H and O–H groups in total. The van der Waals surface area contributed by atoms with Crippen molar-refractivity contribution in [2.75, 3.05) is 7.05 Å². The zero-order valence-corrected chi connectivity index (χ0v) is 13.7. The molecule has 0 aliphatic heterocycles. The molecule has 1 aliphatic carbocycles. The fourth-order valence-corrected chi connectivity index (χ4v) is 2.82. The highest BCUT2D eigenvalue weighted by molar-refractivity contribution is 6.30. The summed E-state index contributed by atoms with van der Waals surface area (Å²) in [5, 5.41) is 4.94. The number of ether oxygens (including phenoxy) is 1. The molecule has 0 spiro atoms. The Morgan fingerprint density at radius 1 is 1.23 bits per heavy atom. The van der Waals surface area contributed by atoms with E-state index in [-0.39, 0.29) is 12.1 Å². The molecule has 0 radical (unpaired) electrons. The van der Waals surface area contributed by atoms with E-state index >= 15 is 0 Å². The van der Waals surface area contributed by atoms with E-state index in [9.17, 15) is 4.79 Å². The highest BCUT2D eigenvalue weighted by Gasteiger charge is 2.18. The van der Waals surface area contributed by atoms with Crippen LogP contribution in [0.3, 0.4) is 0 Å². The van der Waals surface area contributed by atoms with Gasteiger partial charge in [0.25, 0.3) is 0 Å². The van der Waals surface area contributed by atoms with Crippen molar-refractivity contribution < 1.29 is 9.53 Å². The summed E-state index contributed by atoms with van der Waals surface area (Å²) in [5.74, 6) is -0.135. The van der Waals surface area contributed by atoms with Crippen molar-refractivity contribution in [1.29, 1.82) is 0 Å². The molecule has 1 aromatic rings. The molecule has 22 heavy (non-hydrogen) atoms. The Labute approximate surface area is 136 Å². The lowest BCUT2D eigenvalue weighted by Crippen LogP contribution is -2.21. The molecule has 0 aromatic heterocycles. The molecule has 0 bridgehead atoms. The summed E-state index contributed by atoms with van der Waals surface area (Å²) in [6, 6.07) is 7.46. The zero-order chi connectivity index (χ0) is 15.8. The fourth-order valence-electron chi connectivity index (χ4n) is 2.69. The van der Waals surface area contributed by atoms with Gasteiger partial charge in [0.1, 0.15) is 6.10 Å². The number of hydrazone groups is 1. The number of hydrogen-bond acceptors (Lipinski definition) is 4. The lowest BCUT2D eigenvalue weighted by Gasteiger charge is -2.21. The van der Waals surface area contributed by atoms with Gasteiger partial charge in [-0.3, -0.25) is 4.79 Å². The van der Waals surface area contributed by atoms with E-state index in [0.29, 0.717) is 17.9 Å². The van der Waals surface area contributed by atoms with Crippen LogP contribution in [0.1, 0.15) is 50.5 Å². The van der Waals surface area contributed by atoms with E-state index in [4.69, 9.17) is 16.3 Å². The lowest BCUT2D eigenvalue weighted by molar-refractivity contribution is -0.150. The maximum Gasteiger partial charge on any atom is 0.306 e. The van der Waals surface area contributed by atoms with E-state index in [1.165, 1.54) is 6.42 Å². The predicted molar refractivity (Wildman–Crippen MR) is 89.2 cm³/mol. The number of benzene rings is 1. The van der Waals surface area contributed by atoms with Gasteiger partial charge in [0.2, 0.25) is 0 Å². The third-order valence-corrected chi connectivity index (χ3v) is 4.09. The number of nitrogens with one attached hydrogen (secondary N) is 1. The highest BCUT2D eigenvalue weighted by atomic mass is 35.5. The minimum Gasteiger partial charge on any atom is -0.462 e. The smallest absolute Gasteiger partial charge is 0.306 e. The summed E-state index contributed by atoms with van der Waals surface area (Å²) in [6.45, 7) is 0. The SMILES string of the molecule is CN/N=C(\CCC(=O)OC1CCCCC1)c1ccc(Cl)cc1. The van der Waals surface area contributed by atoms with Gasteiger partial charge in [0, 0.05) is 18.5 Å². The maximum absolute atomic E-state index is 12.0. The molecule has 1 aliphatic rings. The van der Waals surface area contributed by atoms with Crippen LogP contribution in [-0.2, 0) is 9.53 Å². The number of carbonyl (C=O) groups excluding carboxylic acids is 1. The number of rotatable bonds is 6. The Kier molecular flexibility index (Phi) is 6.72. The van der Waals surface area contributed by atoms with Gasteiger partial charge in [-0.1, -0.05) is 30.2 Å². The Balaban J connectivity index is 1.87. The lowest BCUT2D eigenvalue weighted by atomic mass is 9.98. The van der Waals surface area contributed by atoms with Gasteiger partial charge < -0.3 is 10.2 Å². The first-order valence-electron chi connectivity index (χ1n) is 7.88. The van der Waals surface area contributed by atoms with Crippen molar-refractivity contribution in [2.24, 2.45) is 5.10 Å². The first kappa shape index (κ1) is 16.8. The second-order valence-corrected chi connectivity index (χ2v) is 5.98. The molecule has 4 nitrogen and oxygen atoms in total. The molecule has 120 valence electrons. The molecule has 5 heteroatoms. The molecule has 1 aromatic carbocycles. The van der Waals surface area contributed by atoms with E-state index in [0.717, 1.165) is 37.0 Å². The third-order valence-electron chi connectivity index (χ3n) is 3.84. The summed E-state index contributed by atoms with van der Waals surface area (Å²) in [6.07, 6.45) is 6.59. The summed E-state index contributed by atoms with van der Waals surface area (Å²) in [7, 11) is 1.75. The highest BCUT2D eigenvalue weighted by Crippen LogP contribution is 2.21. The Bertz CT molecular complexity index is 508. The molecule has 0 unspecified atom stereocenters. The van der Waals surface area contributed by atoms with Crippen LogP contribution in [-0.4, -0.2) is 24.8 Å². The minimum absolute atomic E-state index is 0.112. The normalized spacial score (nSPS) is 16.4. The quantitative estimate of drug-likeness (QED) is 0.490. The number of carbonyl (C=O) groups is 1. The van der Waals surface area contributed by atoms with Gasteiger partial charge in [-0.2, -0.15) is 5.10 Å². The molecule has 0 saturated heterocycles. The number of nitrogens with zero attached hydrogens (tertiary/aromatic N) is 1. The third kappa shape index (κ3) is 5.34. The van der Waals surface area contributed by atoms with E-state index in [1.54, 1.807) is 7.05 Å². The van der Waals surface area contributed by atoms with Crippen molar-refractivity contribution in [3.05, 3.63) is 34.9 Å². The van der Waals surface area contributed by atoms with Gasteiger partial charge in [0.05, 0.1) is 12.1 Å². The van der Waals surface area contributed by atoms with Crippen LogP contribution in [0, 0.1) is 0 Å². The second kappa shape index (κ2) is 8.79. The first-order chi connectivity index (χ1) is 10.7. The average Bonchev–Trinajstić information content (AvgIpc) is 2.53. The predicted octanol–water partition coefficient (Wildman–Crippen LogP) is 3.92. The summed E-state index contributed by atoms with van der Waals surface area (Å²) < 4.78 is 5.54. The number of hydrogen-bond donors (Lipinski definition) is 1. The van der Waals surface area contributed by atoms with E-state index in [1.807, 2.05) is 24.3 Å². The van der Waals surface area contributed by atoms with Crippen molar-refractivity contribution in [1.82, 2.24) is 5.43 Å². The van der Waals surface area contributed by atoms with Crippen molar-refractivity contribution in [3.8, 4) is 0 Å². The van der Waals surface area contributed by atoms with Crippen molar-refractivity contribution in [2.45, 2.75) is 51.0 Å². The van der Waals surface area contributed by atoms with Gasteiger partial charge in [-0.05, 0) is 43.4 Å². The topological polar surface area (TPSA) is 50.7 Å². The first-order valence-corrected chi connectivity index (χ1v) is 8.25. The maximum atomic E-state index is 12.0. The monoisotopic (exact) mass is 322 g/mol. The minimum atomic E-state index is -0.135. The van der Waals surface area contributed by atoms with E-state index < -0.39 is 0 Å². The van der Waals surface area contributed by atoms with Crippen LogP contribution in [0.2, 0.25) is 5.02 Å². The Morgan fingerprint density at radius 2 is 1.91 bits per heavy atom. The molecule has 0 heterocycles. The summed E-state index contributed by atoms with van der Waals surface area (Å²) in [5.41, 5.74) is 4.58. The number of esters is 1. The van der Waals surface area contributed by atoms with Gasteiger partial charge in [0.15, 0.2) is 0 Å². The molecule has 0 amide bonds. The standard InChI is InChI=1S/C17H23ClN2O2/c1-19-20-16(13-7-9-14(18)10-8-13)11-12-17(21)22-15-5-3-2-4-6-15/h7-10,15,19H,2-6,11-12H2,1H3/b20-16+. The summed E-state index contributed by atoms with van der Waals surface area (Å²) >= 11 is 5.90. The van der Waals surface area contributed by atoms with Gasteiger partial charge >= 0.3 is 5.97 Å². The van der Waals surface area contributed by atoms with Crippen LogP contribution in [0.25, 0.3) is 0 Å². The van der Waals surface area contributed by atoms with Gasteiger partial charge in [-0.25, -0.2) is 0 Å². The second-order valence-electron chi connectivity index (χ2n) is 5.54. The zero-order valence-electron chi connectivity index (χ0n) is 13.0. The molecular formula is C17H23ClN2O2. The largest absolute Gasteiger partial charge is 0.462 e. The van der Waals surface area contributed by atoms with Gasteiger partial charge in [-0.15, -0.1) is 0 Å². The fraction of sp³-hybridized carbons (Fsp3) is 0.529. The average molecular weight is 323 g/mol. The van der Waals surface area contributed by atoms with Crippen LogP contribution in [0.15, 0.2) is 29.4 Å². The van der Waals surface area contributed by atoms with Crippen LogP contribution in [0.4, 0.5) is 0 Å². The van der Waals surface area contributed by atoms with Crippen molar-refractivity contribution in [3.63, 3.8) is 0 Å².